The van der Waals surface area contributed by atoms with Gasteiger partial charge in [-0.3, -0.25) is 0 Å². The Morgan fingerprint density at radius 3 is 2.56 bits per heavy atom. The third-order valence-electron chi connectivity index (χ3n) is 5.74. The molecule has 0 bridgehead atoms. The minimum atomic E-state index is -4.09. The number of halogens is 3. The van der Waals surface area contributed by atoms with Crippen LogP contribution in [0.2, 0.25) is 0 Å². The normalized spacial score (nSPS) is 30.0. The maximum absolute atomic E-state index is 12.9. The highest BCUT2D eigenvalue weighted by molar-refractivity contribution is 5.43. The number of fused-ring (bicyclic) bond motifs is 1. The summed E-state index contributed by atoms with van der Waals surface area (Å²) in [5.74, 6) is -1.12. The molecule has 0 spiro atoms. The number of morpholine rings is 1. The quantitative estimate of drug-likeness (QED) is 0.855. The van der Waals surface area contributed by atoms with E-state index >= 15 is 0 Å². The number of aromatic nitrogens is 3. The van der Waals surface area contributed by atoms with Gasteiger partial charge in [0.1, 0.15) is 6.10 Å². The first-order valence-electron chi connectivity index (χ1n) is 9.60. The number of hydrogen-bond donors (Lipinski definition) is 1. The average molecular weight is 382 g/mol. The molecule has 0 amide bonds. The molecule has 1 aliphatic carbocycles. The molecule has 0 radical (unpaired) electrons. The number of hydrogen-bond acceptors (Lipinski definition) is 4. The monoisotopic (exact) mass is 382 g/mol. The Morgan fingerprint density at radius 1 is 1.19 bits per heavy atom. The Bertz CT molecular complexity index is 803. The molecule has 148 valence electrons. The molecule has 27 heavy (non-hydrogen) atoms. The lowest BCUT2D eigenvalue weighted by atomic mass is 9.80. The fourth-order valence-corrected chi connectivity index (χ4v) is 4.17. The van der Waals surface area contributed by atoms with Crippen molar-refractivity contribution in [1.82, 2.24) is 19.9 Å². The third kappa shape index (κ3) is 3.82. The average Bonchev–Trinajstić information content (AvgIpc) is 3.05. The molecule has 2 fully saturated rings. The Hall–Kier alpha value is -1.67. The van der Waals surface area contributed by atoms with Crippen LogP contribution >= 0.6 is 0 Å². The first-order valence-corrected chi connectivity index (χ1v) is 9.60. The van der Waals surface area contributed by atoms with Gasteiger partial charge in [0.15, 0.2) is 5.65 Å². The highest BCUT2D eigenvalue weighted by Crippen LogP contribution is 2.42. The summed E-state index contributed by atoms with van der Waals surface area (Å²) in [6.07, 6.45) is -2.82. The topological polar surface area (TPSA) is 51.5 Å². The minimum Gasteiger partial charge on any atom is -0.369 e. The Balaban J connectivity index is 1.58. The van der Waals surface area contributed by atoms with Gasteiger partial charge < -0.3 is 10.1 Å². The molecule has 3 heterocycles. The molecular weight excluding hydrogens is 357 g/mol. The summed E-state index contributed by atoms with van der Waals surface area (Å²) in [7, 11) is 0. The van der Waals surface area contributed by atoms with Crippen LogP contribution in [0.5, 0.6) is 0 Å². The number of nitrogens with zero attached hydrogens (tertiary/aromatic N) is 3. The number of nitrogens with one attached hydrogen (secondary N) is 1. The second kappa shape index (κ2) is 7.05. The molecule has 2 aromatic heterocycles. The van der Waals surface area contributed by atoms with Crippen molar-refractivity contribution in [2.75, 3.05) is 13.2 Å². The van der Waals surface area contributed by atoms with Gasteiger partial charge in [-0.1, -0.05) is 0 Å². The summed E-state index contributed by atoms with van der Waals surface area (Å²) < 4.78 is 46.5. The lowest BCUT2D eigenvalue weighted by molar-refractivity contribution is -0.182. The summed E-state index contributed by atoms with van der Waals surface area (Å²) in [5.41, 5.74) is 3.39. The molecule has 2 aromatic rings. The zero-order chi connectivity index (χ0) is 19.2. The van der Waals surface area contributed by atoms with Crippen molar-refractivity contribution in [2.45, 2.75) is 63.8 Å². The molecule has 2 atom stereocenters. The Labute approximate surface area is 156 Å². The maximum Gasteiger partial charge on any atom is 0.391 e. The minimum absolute atomic E-state index is 0.0591. The van der Waals surface area contributed by atoms with Crippen molar-refractivity contribution in [3.05, 3.63) is 29.2 Å². The van der Waals surface area contributed by atoms with Gasteiger partial charge in [0.05, 0.1) is 23.9 Å². The second-order valence-electron chi connectivity index (χ2n) is 7.88. The first-order chi connectivity index (χ1) is 12.8. The predicted octanol–water partition coefficient (Wildman–Crippen LogP) is 3.92. The summed E-state index contributed by atoms with van der Waals surface area (Å²) in [6, 6.07) is 4.22. The summed E-state index contributed by atoms with van der Waals surface area (Å²) in [6.45, 7) is 5.34. The Morgan fingerprint density at radius 2 is 1.93 bits per heavy atom. The fourth-order valence-electron chi connectivity index (χ4n) is 4.17. The zero-order valence-electron chi connectivity index (χ0n) is 15.6. The van der Waals surface area contributed by atoms with E-state index in [2.05, 4.69) is 17.2 Å². The van der Waals surface area contributed by atoms with Crippen LogP contribution in [0, 0.1) is 12.8 Å². The van der Waals surface area contributed by atoms with Crippen LogP contribution in [-0.4, -0.2) is 40.0 Å². The molecule has 1 saturated heterocycles. The highest BCUT2D eigenvalue weighted by atomic mass is 19.4. The molecule has 8 heteroatoms. The molecule has 1 N–H and O–H groups in total. The van der Waals surface area contributed by atoms with Crippen molar-refractivity contribution in [3.63, 3.8) is 0 Å². The molecule has 1 saturated carbocycles. The van der Waals surface area contributed by atoms with Gasteiger partial charge in [0.25, 0.3) is 0 Å². The molecule has 2 aliphatic rings. The van der Waals surface area contributed by atoms with Crippen molar-refractivity contribution in [2.24, 2.45) is 5.92 Å². The molecule has 4 rings (SSSR count). The van der Waals surface area contributed by atoms with E-state index in [0.29, 0.717) is 32.0 Å². The van der Waals surface area contributed by atoms with Crippen LogP contribution < -0.4 is 5.32 Å². The molecule has 5 nitrogen and oxygen atoms in total. The van der Waals surface area contributed by atoms with Crippen LogP contribution in [0.25, 0.3) is 5.65 Å². The van der Waals surface area contributed by atoms with E-state index in [-0.39, 0.29) is 24.9 Å². The molecular formula is C19H25F3N4O. The number of rotatable bonds is 2. The van der Waals surface area contributed by atoms with E-state index < -0.39 is 12.1 Å². The van der Waals surface area contributed by atoms with Gasteiger partial charge in [-0.25, -0.2) is 9.50 Å². The van der Waals surface area contributed by atoms with E-state index in [0.717, 1.165) is 22.7 Å². The number of alkyl halides is 3. The zero-order valence-corrected chi connectivity index (χ0v) is 15.6. The van der Waals surface area contributed by atoms with Crippen molar-refractivity contribution in [3.8, 4) is 0 Å². The molecule has 0 aromatic carbocycles. The van der Waals surface area contributed by atoms with Gasteiger partial charge in [0, 0.05) is 30.3 Å². The summed E-state index contributed by atoms with van der Waals surface area (Å²) >= 11 is 0. The lowest BCUT2D eigenvalue weighted by Gasteiger charge is -2.29. The van der Waals surface area contributed by atoms with E-state index in [1.165, 1.54) is 0 Å². The summed E-state index contributed by atoms with van der Waals surface area (Å²) in [5, 5.41) is 8.13. The SMILES string of the molecule is Cc1cc([C@@H]2CN[C@@H](C)CO2)n2nc(C3CCC(C(F)(F)F)CC3)cc2n1. The fraction of sp³-hybridized carbons (Fsp3) is 0.684. The van der Waals surface area contributed by atoms with Gasteiger partial charge in [-0.05, 0) is 45.6 Å². The van der Waals surface area contributed by atoms with Crippen LogP contribution in [-0.2, 0) is 4.74 Å². The van der Waals surface area contributed by atoms with E-state index in [1.54, 1.807) is 4.52 Å². The second-order valence-corrected chi connectivity index (χ2v) is 7.88. The van der Waals surface area contributed by atoms with Gasteiger partial charge in [-0.2, -0.15) is 18.3 Å². The third-order valence-corrected chi connectivity index (χ3v) is 5.74. The largest absolute Gasteiger partial charge is 0.391 e. The highest BCUT2D eigenvalue weighted by Gasteiger charge is 2.42. The van der Waals surface area contributed by atoms with E-state index in [4.69, 9.17) is 9.84 Å². The standard InChI is InChI=1S/C19H25F3N4O/c1-11-7-16(17-9-23-12(2)10-27-17)26-18(24-11)8-15(25-26)13-3-5-14(6-4-13)19(20,21)22/h7-8,12-14,17,23H,3-6,9-10H2,1-2H3/t12-,13?,14?,17-/m0/s1. The van der Waals surface area contributed by atoms with Crippen molar-refractivity contribution in [1.29, 1.82) is 0 Å². The van der Waals surface area contributed by atoms with E-state index in [1.807, 2.05) is 19.1 Å². The number of ether oxygens (including phenoxy) is 1. The van der Waals surface area contributed by atoms with Crippen molar-refractivity contribution < 1.29 is 17.9 Å². The van der Waals surface area contributed by atoms with Crippen LogP contribution in [0.3, 0.4) is 0 Å². The number of aryl methyl sites for hydroxylation is 1. The Kier molecular flexibility index (Phi) is 4.88. The van der Waals surface area contributed by atoms with Crippen LogP contribution in [0.4, 0.5) is 13.2 Å². The lowest BCUT2D eigenvalue weighted by Crippen LogP contribution is -2.41. The molecule has 1 aliphatic heterocycles. The summed E-state index contributed by atoms with van der Waals surface area (Å²) in [4.78, 5) is 4.56. The van der Waals surface area contributed by atoms with Crippen molar-refractivity contribution >= 4 is 5.65 Å². The van der Waals surface area contributed by atoms with Crippen LogP contribution in [0.15, 0.2) is 12.1 Å². The van der Waals surface area contributed by atoms with E-state index in [9.17, 15) is 13.2 Å². The maximum atomic E-state index is 12.9. The van der Waals surface area contributed by atoms with Crippen LogP contribution in [0.1, 0.15) is 61.7 Å². The molecule has 0 unspecified atom stereocenters. The van der Waals surface area contributed by atoms with Gasteiger partial charge >= 0.3 is 6.18 Å². The smallest absolute Gasteiger partial charge is 0.369 e. The van der Waals surface area contributed by atoms with Gasteiger partial charge in [0.2, 0.25) is 0 Å². The predicted molar refractivity (Wildman–Crippen MR) is 94.6 cm³/mol. The first kappa shape index (κ1) is 18.7. The van der Waals surface area contributed by atoms with Gasteiger partial charge in [-0.15, -0.1) is 0 Å².